The number of rotatable bonds is 4. The van der Waals surface area contributed by atoms with Crippen molar-refractivity contribution in [2.24, 2.45) is 0 Å². The summed E-state index contributed by atoms with van der Waals surface area (Å²) in [5.74, 6) is 0.559. The third-order valence-corrected chi connectivity index (χ3v) is 5.41. The van der Waals surface area contributed by atoms with Crippen LogP contribution in [0.4, 0.5) is 5.82 Å². The minimum atomic E-state index is -0.343. The maximum atomic E-state index is 11.0. The van der Waals surface area contributed by atoms with Crippen molar-refractivity contribution in [1.82, 2.24) is 9.88 Å². The van der Waals surface area contributed by atoms with Crippen LogP contribution in [0.1, 0.15) is 50.5 Å². The molecule has 1 aliphatic carbocycles. The van der Waals surface area contributed by atoms with E-state index in [1.165, 1.54) is 32.1 Å². The minimum absolute atomic E-state index is 0.0251. The fraction of sp³-hybridized carbons (Fsp3) is 0.706. The van der Waals surface area contributed by atoms with Crippen molar-refractivity contribution in [3.8, 4) is 0 Å². The van der Waals surface area contributed by atoms with Crippen LogP contribution in [0.3, 0.4) is 0 Å². The number of likely N-dealkylation sites (tertiary alicyclic amines) is 1. The van der Waals surface area contributed by atoms with Crippen molar-refractivity contribution < 1.29 is 5.11 Å². The second-order valence-electron chi connectivity index (χ2n) is 6.63. The number of pyridine rings is 1. The molecule has 4 heteroatoms. The lowest BCUT2D eigenvalue weighted by molar-refractivity contribution is -0.0380. The molecule has 0 aromatic carbocycles. The lowest BCUT2D eigenvalue weighted by atomic mass is 9.83. The largest absolute Gasteiger partial charge is 0.391 e. The van der Waals surface area contributed by atoms with Gasteiger partial charge in [0.1, 0.15) is 5.82 Å². The molecule has 1 unspecified atom stereocenters. The molecule has 0 bridgehead atoms. The van der Waals surface area contributed by atoms with Gasteiger partial charge in [-0.1, -0.05) is 25.3 Å². The molecule has 2 heterocycles. The molecule has 2 aliphatic rings. The van der Waals surface area contributed by atoms with Gasteiger partial charge in [-0.15, -0.1) is 0 Å². The van der Waals surface area contributed by atoms with E-state index in [-0.39, 0.29) is 11.6 Å². The Bertz CT molecular complexity index is 465. The van der Waals surface area contributed by atoms with Crippen molar-refractivity contribution in [3.63, 3.8) is 0 Å². The lowest BCUT2D eigenvalue weighted by Crippen LogP contribution is -2.57. The summed E-state index contributed by atoms with van der Waals surface area (Å²) in [6, 6.07) is 3.89. The fourth-order valence-corrected chi connectivity index (χ4v) is 4.21. The highest BCUT2D eigenvalue weighted by Gasteiger charge is 2.45. The summed E-state index contributed by atoms with van der Waals surface area (Å²) >= 11 is 0. The fourth-order valence-electron chi connectivity index (χ4n) is 4.21. The van der Waals surface area contributed by atoms with Gasteiger partial charge in [0, 0.05) is 18.2 Å². The van der Waals surface area contributed by atoms with Gasteiger partial charge in [-0.25, -0.2) is 4.98 Å². The summed E-state index contributed by atoms with van der Waals surface area (Å²) in [5.41, 5.74) is 6.91. The standard InChI is InChI=1S/C17H27N3O/c18-16-14(7-6-10-19-16)13-15(21)17(8-2-3-9-17)20-11-4-1-5-12-20/h6-7,10,15,21H,1-5,8-9,11-13H2,(H2,18,19). The van der Waals surface area contributed by atoms with E-state index in [1.807, 2.05) is 12.1 Å². The zero-order chi connectivity index (χ0) is 14.7. The van der Waals surface area contributed by atoms with E-state index in [0.29, 0.717) is 12.2 Å². The van der Waals surface area contributed by atoms with Crippen molar-refractivity contribution >= 4 is 5.82 Å². The Kier molecular flexibility index (Phi) is 4.45. The van der Waals surface area contributed by atoms with E-state index in [0.717, 1.165) is 31.5 Å². The summed E-state index contributed by atoms with van der Waals surface area (Å²) < 4.78 is 0. The van der Waals surface area contributed by atoms with Crippen molar-refractivity contribution in [2.45, 2.75) is 63.0 Å². The molecule has 1 saturated carbocycles. The summed E-state index contributed by atoms with van der Waals surface area (Å²) in [6.07, 6.45) is 10.6. The predicted molar refractivity (Wildman–Crippen MR) is 85.0 cm³/mol. The molecule has 0 amide bonds. The number of nitrogens with zero attached hydrogens (tertiary/aromatic N) is 2. The first-order valence-electron chi connectivity index (χ1n) is 8.35. The van der Waals surface area contributed by atoms with Gasteiger partial charge in [-0.2, -0.15) is 0 Å². The second kappa shape index (κ2) is 6.32. The normalized spacial score (nSPS) is 24.0. The number of anilines is 1. The first-order chi connectivity index (χ1) is 10.2. The third-order valence-electron chi connectivity index (χ3n) is 5.41. The highest BCUT2D eigenvalue weighted by Crippen LogP contribution is 2.40. The molecule has 1 aromatic rings. The summed E-state index contributed by atoms with van der Waals surface area (Å²) in [7, 11) is 0. The smallest absolute Gasteiger partial charge is 0.126 e. The molecule has 0 spiro atoms. The molecule has 0 radical (unpaired) electrons. The van der Waals surface area contributed by atoms with E-state index in [4.69, 9.17) is 5.73 Å². The van der Waals surface area contributed by atoms with Gasteiger partial charge in [0.2, 0.25) is 0 Å². The van der Waals surface area contributed by atoms with Gasteiger partial charge < -0.3 is 10.8 Å². The van der Waals surface area contributed by atoms with E-state index in [1.54, 1.807) is 6.20 Å². The number of nitrogen functional groups attached to an aromatic ring is 1. The molecule has 1 aromatic heterocycles. The van der Waals surface area contributed by atoms with E-state index >= 15 is 0 Å². The van der Waals surface area contributed by atoms with Crippen LogP contribution in [-0.2, 0) is 6.42 Å². The molecule has 3 N–H and O–H groups in total. The molecular weight excluding hydrogens is 262 g/mol. The number of aliphatic hydroxyl groups is 1. The molecule has 4 nitrogen and oxygen atoms in total. The number of aromatic nitrogens is 1. The van der Waals surface area contributed by atoms with Crippen LogP contribution in [0.15, 0.2) is 18.3 Å². The van der Waals surface area contributed by atoms with Crippen LogP contribution >= 0.6 is 0 Å². The van der Waals surface area contributed by atoms with Gasteiger partial charge in [-0.05, 0) is 50.4 Å². The molecule has 2 fully saturated rings. The summed E-state index contributed by atoms with van der Waals surface area (Å²) in [4.78, 5) is 6.72. The zero-order valence-corrected chi connectivity index (χ0v) is 12.8. The van der Waals surface area contributed by atoms with Gasteiger partial charge in [0.05, 0.1) is 6.10 Å². The topological polar surface area (TPSA) is 62.4 Å². The number of hydrogen-bond donors (Lipinski definition) is 2. The first kappa shape index (κ1) is 14.8. The minimum Gasteiger partial charge on any atom is -0.391 e. The average Bonchev–Trinajstić information content (AvgIpc) is 3.01. The predicted octanol–water partition coefficient (Wildman–Crippen LogP) is 2.37. The van der Waals surface area contributed by atoms with Crippen LogP contribution in [0.2, 0.25) is 0 Å². The summed E-state index contributed by atoms with van der Waals surface area (Å²) in [5, 5.41) is 11.0. The Labute approximate surface area is 127 Å². The molecule has 3 rings (SSSR count). The van der Waals surface area contributed by atoms with Gasteiger partial charge in [0.25, 0.3) is 0 Å². The number of piperidine rings is 1. The molecule has 116 valence electrons. The van der Waals surface area contributed by atoms with Crippen LogP contribution < -0.4 is 5.73 Å². The number of aliphatic hydroxyl groups excluding tert-OH is 1. The number of hydrogen-bond acceptors (Lipinski definition) is 4. The third kappa shape index (κ3) is 2.92. The Morgan fingerprint density at radius 1 is 1.19 bits per heavy atom. The van der Waals surface area contributed by atoms with Crippen molar-refractivity contribution in [2.75, 3.05) is 18.8 Å². The Morgan fingerprint density at radius 2 is 1.90 bits per heavy atom. The van der Waals surface area contributed by atoms with Crippen LogP contribution in [-0.4, -0.2) is 39.7 Å². The Balaban J connectivity index is 1.78. The average molecular weight is 289 g/mol. The SMILES string of the molecule is Nc1ncccc1CC(O)C1(N2CCCCC2)CCCC1. The van der Waals surface area contributed by atoms with Crippen LogP contribution in [0, 0.1) is 0 Å². The Hall–Kier alpha value is -1.13. The zero-order valence-electron chi connectivity index (χ0n) is 12.8. The lowest BCUT2D eigenvalue weighted by Gasteiger charge is -2.46. The second-order valence-corrected chi connectivity index (χ2v) is 6.63. The van der Waals surface area contributed by atoms with Crippen LogP contribution in [0.5, 0.6) is 0 Å². The molecule has 1 saturated heterocycles. The van der Waals surface area contributed by atoms with E-state index in [2.05, 4.69) is 9.88 Å². The van der Waals surface area contributed by atoms with Crippen LogP contribution in [0.25, 0.3) is 0 Å². The highest BCUT2D eigenvalue weighted by atomic mass is 16.3. The molecule has 1 atom stereocenters. The Morgan fingerprint density at radius 3 is 2.57 bits per heavy atom. The first-order valence-corrected chi connectivity index (χ1v) is 8.35. The van der Waals surface area contributed by atoms with E-state index < -0.39 is 0 Å². The van der Waals surface area contributed by atoms with Gasteiger partial charge in [0.15, 0.2) is 0 Å². The summed E-state index contributed by atoms with van der Waals surface area (Å²) in [6.45, 7) is 2.28. The highest BCUT2D eigenvalue weighted by molar-refractivity contribution is 5.39. The maximum Gasteiger partial charge on any atom is 0.126 e. The maximum absolute atomic E-state index is 11.0. The van der Waals surface area contributed by atoms with Gasteiger partial charge in [-0.3, -0.25) is 4.90 Å². The molecule has 1 aliphatic heterocycles. The van der Waals surface area contributed by atoms with Gasteiger partial charge >= 0.3 is 0 Å². The van der Waals surface area contributed by atoms with Crippen molar-refractivity contribution in [1.29, 1.82) is 0 Å². The monoisotopic (exact) mass is 289 g/mol. The molecular formula is C17H27N3O. The van der Waals surface area contributed by atoms with E-state index in [9.17, 15) is 5.11 Å². The molecule has 21 heavy (non-hydrogen) atoms. The number of nitrogens with two attached hydrogens (primary N) is 1. The quantitative estimate of drug-likeness (QED) is 0.893. The van der Waals surface area contributed by atoms with Crippen molar-refractivity contribution in [3.05, 3.63) is 23.9 Å².